The van der Waals surface area contributed by atoms with Crippen molar-refractivity contribution in [2.75, 3.05) is 0 Å². The Balaban J connectivity index is 2.36. The summed E-state index contributed by atoms with van der Waals surface area (Å²) in [5, 5.41) is 20.1. The van der Waals surface area contributed by atoms with Crippen molar-refractivity contribution in [3.63, 3.8) is 0 Å². The Hall–Kier alpha value is -1.11. The Labute approximate surface area is 112 Å². The number of hydrogen-bond acceptors (Lipinski definition) is 5. The van der Waals surface area contributed by atoms with Crippen LogP contribution in [-0.4, -0.2) is 31.3 Å². The fourth-order valence-electron chi connectivity index (χ4n) is 1.86. The van der Waals surface area contributed by atoms with E-state index in [1.807, 2.05) is 0 Å². The summed E-state index contributed by atoms with van der Waals surface area (Å²) in [6.45, 7) is 2.17. The van der Waals surface area contributed by atoms with E-state index in [0.29, 0.717) is 6.42 Å². The maximum Gasteiger partial charge on any atom is 0.328 e. The lowest BCUT2D eigenvalue weighted by Crippen LogP contribution is -2.20. The molecular weight excluding hydrogens is 252 g/mol. The van der Waals surface area contributed by atoms with Crippen LogP contribution in [0.15, 0.2) is 5.16 Å². The van der Waals surface area contributed by atoms with Crippen LogP contribution in [0.5, 0.6) is 0 Å². The molecule has 6 nitrogen and oxygen atoms in total. The summed E-state index contributed by atoms with van der Waals surface area (Å²) in [5.74, 6) is -0.911. The highest BCUT2D eigenvalue weighted by molar-refractivity contribution is 7.80. The van der Waals surface area contributed by atoms with Crippen molar-refractivity contribution in [2.45, 2.75) is 63.1 Å². The van der Waals surface area contributed by atoms with Gasteiger partial charge in [-0.2, -0.15) is 0 Å². The minimum Gasteiger partial charge on any atom is -0.480 e. The minimum atomic E-state index is -0.911. The van der Waals surface area contributed by atoms with Crippen molar-refractivity contribution in [1.29, 1.82) is 0 Å². The number of aromatic nitrogens is 4. The smallest absolute Gasteiger partial charge is 0.328 e. The molecule has 0 radical (unpaired) electrons. The highest BCUT2D eigenvalue weighted by atomic mass is 32.1. The summed E-state index contributed by atoms with van der Waals surface area (Å²) in [6.07, 6.45) is 7.30. The number of rotatable bonds is 9. The molecule has 0 aliphatic rings. The molecule has 0 saturated carbocycles. The molecule has 102 valence electrons. The molecule has 0 aliphatic heterocycles. The zero-order valence-corrected chi connectivity index (χ0v) is 11.5. The standard InChI is InChI=1S/C11H20N4O2S/c1-2-3-4-5-6-7-8-9(10(16)17)15-11(18)12-13-14-15/h9H,2-8H2,1H3,(H,16,17)(H,12,14,18). The lowest BCUT2D eigenvalue weighted by Gasteiger charge is -2.12. The second-order valence-electron chi connectivity index (χ2n) is 4.33. The summed E-state index contributed by atoms with van der Waals surface area (Å²) in [7, 11) is 0. The Kier molecular flexibility index (Phi) is 6.70. The van der Waals surface area contributed by atoms with Gasteiger partial charge in [0.25, 0.3) is 0 Å². The quantitative estimate of drug-likeness (QED) is 0.532. The third-order valence-corrected chi connectivity index (χ3v) is 3.18. The van der Waals surface area contributed by atoms with E-state index in [9.17, 15) is 4.79 Å². The average Bonchev–Trinajstić information content (AvgIpc) is 2.74. The van der Waals surface area contributed by atoms with E-state index in [2.05, 4.69) is 35.1 Å². The summed E-state index contributed by atoms with van der Waals surface area (Å²) < 4.78 is 1.26. The van der Waals surface area contributed by atoms with Crippen LogP contribution in [0.2, 0.25) is 0 Å². The average molecular weight is 272 g/mol. The maximum absolute atomic E-state index is 11.2. The van der Waals surface area contributed by atoms with Crippen molar-refractivity contribution in [3.8, 4) is 0 Å². The normalized spacial score (nSPS) is 12.6. The molecule has 0 aliphatic carbocycles. The first-order chi connectivity index (χ1) is 8.66. The molecule has 0 spiro atoms. The second kappa shape index (κ2) is 8.07. The van der Waals surface area contributed by atoms with E-state index >= 15 is 0 Å². The van der Waals surface area contributed by atoms with E-state index < -0.39 is 12.0 Å². The van der Waals surface area contributed by atoms with E-state index in [1.54, 1.807) is 0 Å². The van der Waals surface area contributed by atoms with Crippen LogP contribution >= 0.6 is 12.6 Å². The van der Waals surface area contributed by atoms with Crippen LogP contribution in [-0.2, 0) is 4.79 Å². The number of carbonyl (C=O) groups is 1. The zero-order valence-electron chi connectivity index (χ0n) is 10.6. The van der Waals surface area contributed by atoms with E-state index in [4.69, 9.17) is 5.11 Å². The first-order valence-corrected chi connectivity index (χ1v) is 6.81. The van der Waals surface area contributed by atoms with Crippen molar-refractivity contribution in [1.82, 2.24) is 20.2 Å². The van der Waals surface area contributed by atoms with E-state index in [-0.39, 0.29) is 5.16 Å². The first kappa shape index (κ1) is 14.9. The molecule has 1 aromatic rings. The third-order valence-electron chi connectivity index (χ3n) is 2.89. The van der Waals surface area contributed by atoms with Gasteiger partial charge < -0.3 is 5.11 Å². The second-order valence-corrected chi connectivity index (χ2v) is 4.73. The predicted octanol–water partition coefficient (Wildman–Crippen LogP) is 2.34. The van der Waals surface area contributed by atoms with E-state index in [1.165, 1.54) is 23.9 Å². The molecule has 0 fully saturated rings. The van der Waals surface area contributed by atoms with Crippen molar-refractivity contribution in [3.05, 3.63) is 0 Å². The highest BCUT2D eigenvalue weighted by Gasteiger charge is 2.22. The monoisotopic (exact) mass is 272 g/mol. The van der Waals surface area contributed by atoms with Crippen LogP contribution in [0.4, 0.5) is 0 Å². The van der Waals surface area contributed by atoms with Gasteiger partial charge in [0.2, 0.25) is 5.16 Å². The lowest BCUT2D eigenvalue weighted by molar-refractivity contribution is -0.141. The number of unbranched alkanes of at least 4 members (excludes halogenated alkanes) is 5. The molecular formula is C11H20N4O2S. The number of thiol groups is 1. The van der Waals surface area contributed by atoms with Crippen molar-refractivity contribution < 1.29 is 9.90 Å². The molecule has 18 heavy (non-hydrogen) atoms. The molecule has 1 heterocycles. The molecule has 7 heteroatoms. The summed E-state index contributed by atoms with van der Waals surface area (Å²) in [6, 6.07) is -0.710. The van der Waals surface area contributed by atoms with Crippen molar-refractivity contribution in [2.24, 2.45) is 0 Å². The molecule has 0 bridgehead atoms. The maximum atomic E-state index is 11.2. The largest absolute Gasteiger partial charge is 0.480 e. The van der Waals surface area contributed by atoms with Crippen LogP contribution in [0.1, 0.15) is 57.9 Å². The predicted molar refractivity (Wildman–Crippen MR) is 69.7 cm³/mol. The minimum absolute atomic E-state index is 0.244. The Morgan fingerprint density at radius 3 is 2.56 bits per heavy atom. The number of nitrogens with zero attached hydrogens (tertiary/aromatic N) is 4. The van der Waals surface area contributed by atoms with Gasteiger partial charge in [-0.25, -0.2) is 9.48 Å². The van der Waals surface area contributed by atoms with Gasteiger partial charge >= 0.3 is 5.97 Å². The lowest BCUT2D eigenvalue weighted by atomic mass is 10.1. The molecule has 0 amide bonds. The topological polar surface area (TPSA) is 80.9 Å². The Morgan fingerprint density at radius 2 is 2.00 bits per heavy atom. The number of aliphatic carboxylic acids is 1. The van der Waals surface area contributed by atoms with Crippen LogP contribution in [0, 0.1) is 0 Å². The van der Waals surface area contributed by atoms with Crippen molar-refractivity contribution >= 4 is 18.6 Å². The SMILES string of the molecule is CCCCCCCCC(C(=O)O)n1nnnc1S. The summed E-state index contributed by atoms with van der Waals surface area (Å²) >= 11 is 4.04. The van der Waals surface area contributed by atoms with Gasteiger partial charge in [0.05, 0.1) is 0 Å². The van der Waals surface area contributed by atoms with Gasteiger partial charge in [-0.15, -0.1) is 17.7 Å². The molecule has 1 atom stereocenters. The first-order valence-electron chi connectivity index (χ1n) is 6.36. The molecule has 1 rings (SSSR count). The van der Waals surface area contributed by atoms with Gasteiger partial charge in [-0.05, 0) is 16.8 Å². The molecule has 1 unspecified atom stereocenters. The molecule has 1 N–H and O–H groups in total. The fraction of sp³-hybridized carbons (Fsp3) is 0.818. The van der Waals surface area contributed by atoms with Crippen LogP contribution < -0.4 is 0 Å². The number of hydrogen-bond donors (Lipinski definition) is 2. The highest BCUT2D eigenvalue weighted by Crippen LogP contribution is 2.18. The van der Waals surface area contributed by atoms with Gasteiger partial charge in [0.1, 0.15) is 0 Å². The van der Waals surface area contributed by atoms with Crippen LogP contribution in [0.3, 0.4) is 0 Å². The van der Waals surface area contributed by atoms with Gasteiger partial charge in [0.15, 0.2) is 6.04 Å². The van der Waals surface area contributed by atoms with Gasteiger partial charge in [0, 0.05) is 0 Å². The van der Waals surface area contributed by atoms with E-state index in [0.717, 1.165) is 19.3 Å². The number of carboxylic acid groups (broad SMARTS) is 1. The Bertz CT molecular complexity index is 370. The number of carboxylic acids is 1. The van der Waals surface area contributed by atoms with Gasteiger partial charge in [-0.3, -0.25) is 0 Å². The molecule has 1 aromatic heterocycles. The molecule has 0 saturated heterocycles. The third kappa shape index (κ3) is 4.64. The Morgan fingerprint density at radius 1 is 1.33 bits per heavy atom. The molecule has 0 aromatic carbocycles. The summed E-state index contributed by atoms with van der Waals surface area (Å²) in [4.78, 5) is 11.2. The zero-order chi connectivity index (χ0) is 13.4. The summed E-state index contributed by atoms with van der Waals surface area (Å²) in [5.41, 5.74) is 0. The van der Waals surface area contributed by atoms with Gasteiger partial charge in [-0.1, -0.05) is 45.4 Å². The number of tetrazole rings is 1. The fourth-order valence-corrected chi connectivity index (χ4v) is 2.08. The van der Waals surface area contributed by atoms with Crippen LogP contribution in [0.25, 0.3) is 0 Å².